The molecule has 0 radical (unpaired) electrons. The van der Waals surface area contributed by atoms with Gasteiger partial charge in [0.1, 0.15) is 0 Å². The van der Waals surface area contributed by atoms with Crippen LogP contribution in [-0.2, 0) is 10.1 Å². The highest BCUT2D eigenvalue weighted by molar-refractivity contribution is 7.85. The zero-order valence-corrected chi connectivity index (χ0v) is 9.83. The van der Waals surface area contributed by atoms with E-state index in [0.717, 1.165) is 0 Å². The molecule has 0 amide bonds. The fourth-order valence-electron chi connectivity index (χ4n) is 0.958. The van der Waals surface area contributed by atoms with E-state index in [0.29, 0.717) is 6.54 Å². The Hall–Kier alpha value is -1.55. The number of rotatable bonds is 6. The Morgan fingerprint density at radius 2 is 1.82 bits per heavy atom. The van der Waals surface area contributed by atoms with Crippen molar-refractivity contribution in [2.45, 2.75) is 6.92 Å². The summed E-state index contributed by atoms with van der Waals surface area (Å²) < 4.78 is 42.3. The van der Waals surface area contributed by atoms with Crippen LogP contribution in [0.25, 0.3) is 0 Å². The molecule has 1 aromatic rings. The molecule has 96 valence electrons. The molecule has 8 nitrogen and oxygen atoms in total. The van der Waals surface area contributed by atoms with Gasteiger partial charge in [-0.3, -0.25) is 4.55 Å². The average molecular weight is 265 g/mol. The van der Waals surface area contributed by atoms with Crippen molar-refractivity contribution >= 4 is 22.0 Å². The second-order valence-corrected chi connectivity index (χ2v) is 4.57. The van der Waals surface area contributed by atoms with Crippen LogP contribution in [0, 0.1) is 6.08 Å². The lowest BCUT2D eigenvalue weighted by molar-refractivity contribution is 0.484. The minimum atomic E-state index is -4.07. The summed E-state index contributed by atoms with van der Waals surface area (Å²) in [5.41, 5.74) is 0. The maximum atomic E-state index is 12.9. The smallest absolute Gasteiger partial charge is 0.315 e. The Labute approximate surface area is 97.4 Å². The maximum Gasteiger partial charge on any atom is 0.315 e. The Kier molecular flexibility index (Phi) is 4.52. The van der Waals surface area contributed by atoms with Crippen LogP contribution in [0.3, 0.4) is 0 Å². The lowest BCUT2D eigenvalue weighted by Gasteiger charge is -2.05. The maximum absolute atomic E-state index is 12.9. The molecule has 0 aliphatic carbocycles. The van der Waals surface area contributed by atoms with Crippen molar-refractivity contribution in [3.05, 3.63) is 6.08 Å². The van der Waals surface area contributed by atoms with E-state index >= 15 is 0 Å². The Balaban J connectivity index is 2.64. The van der Waals surface area contributed by atoms with E-state index < -0.39 is 21.9 Å². The topological polar surface area (TPSA) is 117 Å². The second-order valence-electron chi connectivity index (χ2n) is 2.99. The molecule has 0 atom stereocenters. The summed E-state index contributed by atoms with van der Waals surface area (Å²) in [5.74, 6) is -0.567. The number of halogens is 1. The lowest BCUT2D eigenvalue weighted by Crippen LogP contribution is -2.17. The van der Waals surface area contributed by atoms with Crippen molar-refractivity contribution in [1.29, 1.82) is 0 Å². The van der Waals surface area contributed by atoms with E-state index in [1.807, 2.05) is 0 Å². The number of aromatic nitrogens is 3. The van der Waals surface area contributed by atoms with Crippen molar-refractivity contribution in [1.82, 2.24) is 15.0 Å². The number of nitrogens with zero attached hydrogens (tertiary/aromatic N) is 3. The molecular weight excluding hydrogens is 253 g/mol. The van der Waals surface area contributed by atoms with E-state index in [-0.39, 0.29) is 18.4 Å². The molecule has 0 aliphatic heterocycles. The van der Waals surface area contributed by atoms with Gasteiger partial charge >= 0.3 is 6.08 Å². The van der Waals surface area contributed by atoms with Gasteiger partial charge in [-0.15, -0.1) is 0 Å². The van der Waals surface area contributed by atoms with Gasteiger partial charge in [-0.1, -0.05) is 0 Å². The number of hydrogen-bond acceptors (Lipinski definition) is 7. The summed E-state index contributed by atoms with van der Waals surface area (Å²) in [7, 11) is -4.07. The van der Waals surface area contributed by atoms with Crippen molar-refractivity contribution in [2.24, 2.45) is 0 Å². The van der Waals surface area contributed by atoms with Crippen molar-refractivity contribution < 1.29 is 17.4 Å². The van der Waals surface area contributed by atoms with Crippen LogP contribution >= 0.6 is 0 Å². The Bertz CT molecular complexity index is 480. The summed E-state index contributed by atoms with van der Waals surface area (Å²) in [6.45, 7) is 2.16. The van der Waals surface area contributed by atoms with E-state index in [4.69, 9.17) is 4.55 Å². The van der Waals surface area contributed by atoms with Crippen LogP contribution in [0.5, 0.6) is 0 Å². The van der Waals surface area contributed by atoms with E-state index in [1.54, 1.807) is 6.92 Å². The van der Waals surface area contributed by atoms with Crippen LogP contribution < -0.4 is 10.6 Å². The van der Waals surface area contributed by atoms with Gasteiger partial charge in [-0.2, -0.15) is 27.8 Å². The molecular formula is C7H12FN5O3S. The van der Waals surface area contributed by atoms with Crippen molar-refractivity contribution in [2.75, 3.05) is 29.5 Å². The summed E-state index contributed by atoms with van der Waals surface area (Å²) in [6.07, 6.45) is -0.981. The first-order valence-corrected chi connectivity index (χ1v) is 6.36. The third kappa shape index (κ3) is 5.36. The van der Waals surface area contributed by atoms with E-state index in [1.165, 1.54) is 0 Å². The van der Waals surface area contributed by atoms with Gasteiger partial charge in [0.25, 0.3) is 10.1 Å². The molecule has 0 aliphatic rings. The predicted octanol–water partition coefficient (Wildman–Crippen LogP) is -0.258. The molecule has 0 unspecified atom stereocenters. The molecule has 1 aromatic heterocycles. The minimum Gasteiger partial charge on any atom is -0.354 e. The molecule has 3 N–H and O–H groups in total. The van der Waals surface area contributed by atoms with Gasteiger partial charge in [0.05, 0.1) is 5.75 Å². The Morgan fingerprint density at radius 1 is 1.24 bits per heavy atom. The predicted molar refractivity (Wildman–Crippen MR) is 58.9 cm³/mol. The molecule has 10 heteroatoms. The van der Waals surface area contributed by atoms with Crippen molar-refractivity contribution in [3.63, 3.8) is 0 Å². The molecule has 0 fully saturated rings. The van der Waals surface area contributed by atoms with Gasteiger partial charge in [0.15, 0.2) is 0 Å². The summed E-state index contributed by atoms with van der Waals surface area (Å²) in [5, 5.41) is 5.14. The minimum absolute atomic E-state index is 0.0503. The number of hydrogen-bond donors (Lipinski definition) is 3. The van der Waals surface area contributed by atoms with Crippen LogP contribution in [0.1, 0.15) is 6.92 Å². The van der Waals surface area contributed by atoms with Crippen LogP contribution in [0.4, 0.5) is 16.3 Å². The van der Waals surface area contributed by atoms with Gasteiger partial charge < -0.3 is 10.6 Å². The fourth-order valence-corrected chi connectivity index (χ4v) is 1.32. The first kappa shape index (κ1) is 13.5. The van der Waals surface area contributed by atoms with Crippen molar-refractivity contribution in [3.8, 4) is 0 Å². The first-order chi connectivity index (χ1) is 7.90. The zero-order valence-electron chi connectivity index (χ0n) is 9.01. The average Bonchev–Trinajstić information content (AvgIpc) is 2.15. The third-order valence-electron chi connectivity index (χ3n) is 1.59. The normalized spacial score (nSPS) is 11.2. The number of anilines is 2. The molecule has 0 bridgehead atoms. The molecule has 0 spiro atoms. The van der Waals surface area contributed by atoms with E-state index in [9.17, 15) is 12.8 Å². The monoisotopic (exact) mass is 265 g/mol. The lowest BCUT2D eigenvalue weighted by atomic mass is 10.7. The van der Waals surface area contributed by atoms with Crippen LogP contribution in [0.15, 0.2) is 0 Å². The zero-order chi connectivity index (χ0) is 12.9. The van der Waals surface area contributed by atoms with Gasteiger partial charge in [0, 0.05) is 13.1 Å². The summed E-state index contributed by atoms with van der Waals surface area (Å²) >= 11 is 0. The molecule has 0 saturated heterocycles. The highest BCUT2D eigenvalue weighted by Gasteiger charge is 2.07. The molecule has 17 heavy (non-hydrogen) atoms. The standard InChI is InChI=1S/C7H12FN5O3S/c1-2-9-6-11-5(8)12-7(13-6)10-3-4-17(14,15)16/h2-4H2,1H3,(H,14,15,16)(H2,9,10,11,12,13). The molecule has 1 heterocycles. The highest BCUT2D eigenvalue weighted by atomic mass is 32.2. The summed E-state index contributed by atoms with van der Waals surface area (Å²) in [6, 6.07) is 0. The van der Waals surface area contributed by atoms with E-state index in [2.05, 4.69) is 25.6 Å². The number of nitrogens with one attached hydrogen (secondary N) is 2. The summed E-state index contributed by atoms with van der Waals surface area (Å²) in [4.78, 5) is 10.5. The quantitative estimate of drug-likeness (QED) is 0.602. The van der Waals surface area contributed by atoms with Crippen LogP contribution in [0.2, 0.25) is 0 Å². The fraction of sp³-hybridized carbons (Fsp3) is 0.571. The van der Waals surface area contributed by atoms with Gasteiger partial charge in [-0.05, 0) is 6.92 Å². The Morgan fingerprint density at radius 3 is 2.35 bits per heavy atom. The SMILES string of the molecule is CCNc1nc(F)nc(NCCS(=O)(=O)O)n1. The largest absolute Gasteiger partial charge is 0.354 e. The highest BCUT2D eigenvalue weighted by Crippen LogP contribution is 2.04. The molecule has 0 saturated carbocycles. The van der Waals surface area contributed by atoms with Gasteiger partial charge in [0.2, 0.25) is 11.9 Å². The third-order valence-corrected chi connectivity index (χ3v) is 2.31. The second kappa shape index (κ2) is 5.68. The van der Waals surface area contributed by atoms with Gasteiger partial charge in [-0.25, -0.2) is 0 Å². The van der Waals surface area contributed by atoms with Crippen LogP contribution in [-0.4, -0.2) is 46.8 Å². The molecule has 0 aromatic carbocycles. The first-order valence-electron chi connectivity index (χ1n) is 4.75. The molecule has 1 rings (SSSR count).